The van der Waals surface area contributed by atoms with Gasteiger partial charge in [0.15, 0.2) is 5.60 Å². The molecule has 14 heteroatoms. The van der Waals surface area contributed by atoms with E-state index in [1.165, 1.54) is 0 Å². The Kier molecular flexibility index (Phi) is 9.44. The fourth-order valence-corrected chi connectivity index (χ4v) is 7.15. The standard InChI is InChI=1S/C36H44N6O8/c1-5-36(48)23-15-27-30-21(17-42(27)32(45)22(23)18-49-33(36)46)19-9-8-10-20-24(12-13-25(40-30)29(19)20)41-31(44)26(39-28(43)16-37)11-6-7-14-38-34(47)50-35(2,3)4/h12-13,15,26,48H,5-11,14,16-18,37H2,1-4H3,(H,38,47)(H,39,43)(H,41,44)/t26-,36-/m0/s1. The van der Waals surface area contributed by atoms with Crippen molar-refractivity contribution in [3.63, 3.8) is 0 Å². The van der Waals surface area contributed by atoms with Crippen LogP contribution < -0.4 is 27.2 Å². The summed E-state index contributed by atoms with van der Waals surface area (Å²) in [5.41, 5.74) is 8.65. The molecule has 0 unspecified atom stereocenters. The first-order chi connectivity index (χ1) is 23.8. The van der Waals surface area contributed by atoms with E-state index in [2.05, 4.69) is 16.0 Å². The Hall–Kier alpha value is -4.82. The van der Waals surface area contributed by atoms with Crippen LogP contribution in [0.4, 0.5) is 10.5 Å². The fraction of sp³-hybridized carbons (Fsp3) is 0.500. The summed E-state index contributed by atoms with van der Waals surface area (Å²) in [6, 6.07) is 4.50. The molecule has 3 amide bonds. The van der Waals surface area contributed by atoms with Crippen LogP contribution in [0.1, 0.15) is 87.6 Å². The number of cyclic esters (lactones) is 1. The van der Waals surface area contributed by atoms with E-state index in [1.54, 1.807) is 44.4 Å². The molecule has 3 aromatic rings. The summed E-state index contributed by atoms with van der Waals surface area (Å²) in [6.07, 6.45) is 3.24. The molecule has 6 rings (SSSR count). The molecule has 0 spiro atoms. The lowest BCUT2D eigenvalue weighted by Gasteiger charge is -2.31. The maximum atomic E-state index is 13.7. The van der Waals surface area contributed by atoms with Crippen molar-refractivity contribution >= 4 is 40.5 Å². The van der Waals surface area contributed by atoms with Gasteiger partial charge in [-0.25, -0.2) is 14.6 Å². The zero-order chi connectivity index (χ0) is 36.0. The van der Waals surface area contributed by atoms with Crippen LogP contribution in [-0.4, -0.2) is 63.3 Å². The minimum Gasteiger partial charge on any atom is -0.458 e. The Balaban J connectivity index is 1.26. The molecule has 0 saturated carbocycles. The predicted octanol–water partition coefficient (Wildman–Crippen LogP) is 2.65. The van der Waals surface area contributed by atoms with E-state index in [4.69, 9.17) is 20.2 Å². The van der Waals surface area contributed by atoms with Gasteiger partial charge in [-0.15, -0.1) is 0 Å². The molecule has 14 nitrogen and oxygen atoms in total. The van der Waals surface area contributed by atoms with Crippen LogP contribution in [0.2, 0.25) is 0 Å². The van der Waals surface area contributed by atoms with Crippen LogP contribution >= 0.6 is 0 Å². The largest absolute Gasteiger partial charge is 0.458 e. The number of esters is 1. The van der Waals surface area contributed by atoms with E-state index in [1.807, 2.05) is 6.07 Å². The Morgan fingerprint density at radius 1 is 1.12 bits per heavy atom. The summed E-state index contributed by atoms with van der Waals surface area (Å²) in [6.45, 7) is 7.21. The number of aryl methyl sites for hydroxylation is 2. The number of amides is 3. The second-order valence-corrected chi connectivity index (χ2v) is 14.1. The first kappa shape index (κ1) is 35.0. The molecule has 4 heterocycles. The van der Waals surface area contributed by atoms with Gasteiger partial charge in [0.05, 0.1) is 35.6 Å². The van der Waals surface area contributed by atoms with Crippen molar-refractivity contribution < 1.29 is 33.8 Å². The first-order valence-corrected chi connectivity index (χ1v) is 17.2. The summed E-state index contributed by atoms with van der Waals surface area (Å²) < 4.78 is 12.1. The third-order valence-corrected chi connectivity index (χ3v) is 9.61. The monoisotopic (exact) mass is 688 g/mol. The number of aliphatic hydroxyl groups is 1. The second kappa shape index (κ2) is 13.5. The van der Waals surface area contributed by atoms with Gasteiger partial charge in [-0.3, -0.25) is 14.4 Å². The number of nitrogens with zero attached hydrogens (tertiary/aromatic N) is 2. The molecule has 0 saturated heterocycles. The number of hydrogen-bond donors (Lipinski definition) is 5. The summed E-state index contributed by atoms with van der Waals surface area (Å²) in [7, 11) is 0. The van der Waals surface area contributed by atoms with Crippen LogP contribution in [-0.2, 0) is 55.5 Å². The fourth-order valence-electron chi connectivity index (χ4n) is 7.15. The number of unbranched alkanes of at least 4 members (excludes halogenated alkanes) is 1. The maximum absolute atomic E-state index is 13.7. The third-order valence-electron chi connectivity index (χ3n) is 9.61. The van der Waals surface area contributed by atoms with E-state index in [9.17, 15) is 29.1 Å². The van der Waals surface area contributed by atoms with Crippen molar-refractivity contribution in [3.05, 3.63) is 56.4 Å². The molecule has 6 N–H and O–H groups in total. The Morgan fingerprint density at radius 2 is 1.88 bits per heavy atom. The van der Waals surface area contributed by atoms with E-state index in [-0.39, 0.29) is 42.2 Å². The van der Waals surface area contributed by atoms with E-state index < -0.39 is 35.2 Å². The number of nitrogens with two attached hydrogens (primary N) is 1. The van der Waals surface area contributed by atoms with Crippen molar-refractivity contribution in [1.29, 1.82) is 0 Å². The zero-order valence-corrected chi connectivity index (χ0v) is 28.9. The van der Waals surface area contributed by atoms with Crippen LogP contribution in [0.15, 0.2) is 23.0 Å². The van der Waals surface area contributed by atoms with Gasteiger partial charge < -0.3 is 40.8 Å². The van der Waals surface area contributed by atoms with Crippen LogP contribution in [0, 0.1) is 0 Å². The Labute approximate surface area is 289 Å². The highest BCUT2D eigenvalue weighted by molar-refractivity contribution is 6.02. The number of ether oxygens (including phenoxy) is 2. The number of carbonyl (C=O) groups is 4. The summed E-state index contributed by atoms with van der Waals surface area (Å²) in [5, 5.41) is 20.6. The molecule has 266 valence electrons. The summed E-state index contributed by atoms with van der Waals surface area (Å²) in [4.78, 5) is 69.1. The number of pyridine rings is 2. The average molecular weight is 689 g/mol. The molecule has 1 aromatic carbocycles. The molecular weight excluding hydrogens is 644 g/mol. The number of nitrogens with one attached hydrogen (secondary N) is 3. The Morgan fingerprint density at radius 3 is 2.60 bits per heavy atom. The highest BCUT2D eigenvalue weighted by atomic mass is 16.6. The molecule has 1 aliphatic carbocycles. The van der Waals surface area contributed by atoms with E-state index in [0.717, 1.165) is 34.9 Å². The van der Waals surface area contributed by atoms with Crippen molar-refractivity contribution in [2.75, 3.05) is 18.4 Å². The van der Waals surface area contributed by atoms with Gasteiger partial charge in [-0.05, 0) is 95.0 Å². The zero-order valence-electron chi connectivity index (χ0n) is 28.9. The van der Waals surface area contributed by atoms with Gasteiger partial charge in [0.25, 0.3) is 5.56 Å². The molecule has 0 bridgehead atoms. The summed E-state index contributed by atoms with van der Waals surface area (Å²) >= 11 is 0. The molecule has 0 radical (unpaired) electrons. The van der Waals surface area contributed by atoms with Gasteiger partial charge >= 0.3 is 12.1 Å². The SMILES string of the molecule is CC[C@@]1(O)C(=O)OCc2c1cc1n(c2=O)Cc2c-1nc1ccc(NC(=O)[C@H](CCCCNC(=O)OC(C)(C)C)NC(=O)CN)c3c1c2CCC3. The topological polar surface area (TPSA) is 204 Å². The maximum Gasteiger partial charge on any atom is 0.407 e. The quantitative estimate of drug-likeness (QED) is 0.122. The predicted molar refractivity (Wildman–Crippen MR) is 184 cm³/mol. The number of rotatable bonds is 10. The van der Waals surface area contributed by atoms with Gasteiger partial charge in [-0.2, -0.15) is 0 Å². The van der Waals surface area contributed by atoms with Crippen LogP contribution in [0.5, 0.6) is 0 Å². The number of alkyl carbamates (subject to hydrolysis) is 1. The smallest absolute Gasteiger partial charge is 0.407 e. The number of carbonyl (C=O) groups excluding carboxylic acids is 4. The summed E-state index contributed by atoms with van der Waals surface area (Å²) in [5.74, 6) is -1.60. The number of hydrogen-bond acceptors (Lipinski definition) is 10. The first-order valence-electron chi connectivity index (χ1n) is 17.2. The lowest BCUT2D eigenvalue weighted by atomic mass is 9.85. The third kappa shape index (κ3) is 6.44. The molecule has 0 fully saturated rings. The molecule has 50 heavy (non-hydrogen) atoms. The highest BCUT2D eigenvalue weighted by Crippen LogP contribution is 2.43. The lowest BCUT2D eigenvalue weighted by Crippen LogP contribution is -2.46. The molecular formula is C36H44N6O8. The molecule has 2 aliphatic heterocycles. The number of aromatic nitrogens is 2. The molecule has 2 atom stereocenters. The minimum atomic E-state index is -1.91. The normalized spacial score (nSPS) is 18.0. The Bertz CT molecular complexity index is 1960. The van der Waals surface area contributed by atoms with E-state index in [0.29, 0.717) is 61.4 Å². The van der Waals surface area contributed by atoms with Crippen molar-refractivity contribution in [2.45, 2.75) is 103 Å². The van der Waals surface area contributed by atoms with Gasteiger partial charge in [-0.1, -0.05) is 6.92 Å². The van der Waals surface area contributed by atoms with Gasteiger partial charge in [0.1, 0.15) is 18.2 Å². The van der Waals surface area contributed by atoms with Gasteiger partial charge in [0, 0.05) is 28.7 Å². The number of benzene rings is 1. The number of fused-ring (bicyclic) bond motifs is 5. The molecule has 2 aromatic heterocycles. The highest BCUT2D eigenvalue weighted by Gasteiger charge is 2.45. The lowest BCUT2D eigenvalue weighted by molar-refractivity contribution is -0.172. The molecule has 3 aliphatic rings. The van der Waals surface area contributed by atoms with Crippen molar-refractivity contribution in [3.8, 4) is 11.4 Å². The van der Waals surface area contributed by atoms with Crippen molar-refractivity contribution in [1.82, 2.24) is 20.2 Å². The number of anilines is 1. The average Bonchev–Trinajstić information content (AvgIpc) is 3.45. The van der Waals surface area contributed by atoms with Gasteiger partial charge in [0.2, 0.25) is 11.8 Å². The van der Waals surface area contributed by atoms with Crippen molar-refractivity contribution in [2.24, 2.45) is 5.73 Å². The van der Waals surface area contributed by atoms with E-state index >= 15 is 0 Å². The minimum absolute atomic E-state index is 0.0604. The second-order valence-electron chi connectivity index (χ2n) is 14.1. The van der Waals surface area contributed by atoms with Crippen LogP contribution in [0.25, 0.3) is 22.3 Å². The van der Waals surface area contributed by atoms with Crippen LogP contribution in [0.3, 0.4) is 0 Å².